The van der Waals surface area contributed by atoms with Gasteiger partial charge in [0.2, 0.25) is 0 Å². The number of rotatable bonds is 2. The van der Waals surface area contributed by atoms with Gasteiger partial charge in [0.15, 0.2) is 5.82 Å². The molecule has 0 spiro atoms. The Balaban J connectivity index is 2.24. The van der Waals surface area contributed by atoms with Crippen molar-refractivity contribution in [3.05, 3.63) is 52.9 Å². The standard InChI is InChI=1S/C14H10BrFN4/c15-8-4-5-10(16)9(7-8)13-12(14(17)20-19-13)11-3-1-2-6-18-11/h1-7H,(H3,17,19,20). The lowest BCUT2D eigenvalue weighted by Crippen LogP contribution is -1.92. The molecule has 0 amide bonds. The third kappa shape index (κ3) is 2.18. The highest BCUT2D eigenvalue weighted by Gasteiger charge is 2.18. The molecule has 0 bridgehead atoms. The summed E-state index contributed by atoms with van der Waals surface area (Å²) < 4.78 is 14.8. The van der Waals surface area contributed by atoms with Crippen molar-refractivity contribution in [3.8, 4) is 22.5 Å². The molecule has 0 atom stereocenters. The largest absolute Gasteiger partial charge is 0.382 e. The van der Waals surface area contributed by atoms with Crippen LogP contribution in [0.25, 0.3) is 22.5 Å². The summed E-state index contributed by atoms with van der Waals surface area (Å²) in [5.41, 5.74) is 8.04. The van der Waals surface area contributed by atoms with E-state index < -0.39 is 0 Å². The van der Waals surface area contributed by atoms with Gasteiger partial charge in [-0.2, -0.15) is 5.10 Å². The van der Waals surface area contributed by atoms with Crippen LogP contribution in [-0.4, -0.2) is 15.2 Å². The van der Waals surface area contributed by atoms with Crippen molar-refractivity contribution in [1.29, 1.82) is 0 Å². The topological polar surface area (TPSA) is 67.6 Å². The number of aromatic nitrogens is 3. The molecular formula is C14H10BrFN4. The van der Waals surface area contributed by atoms with Crippen LogP contribution in [0.15, 0.2) is 47.1 Å². The van der Waals surface area contributed by atoms with E-state index in [9.17, 15) is 4.39 Å². The number of halogens is 2. The zero-order valence-corrected chi connectivity index (χ0v) is 11.9. The maximum absolute atomic E-state index is 14.0. The second-order valence-corrected chi connectivity index (χ2v) is 5.11. The van der Waals surface area contributed by atoms with E-state index in [1.54, 1.807) is 30.5 Å². The number of nitrogens with two attached hydrogens (primary N) is 1. The number of aromatic amines is 1. The summed E-state index contributed by atoms with van der Waals surface area (Å²) in [5.74, 6) is -0.0629. The molecule has 0 saturated carbocycles. The predicted octanol–water partition coefficient (Wildman–Crippen LogP) is 3.62. The number of hydrogen-bond acceptors (Lipinski definition) is 3. The number of hydrogen-bond donors (Lipinski definition) is 2. The number of pyridine rings is 1. The Kier molecular flexibility index (Phi) is 3.23. The molecule has 20 heavy (non-hydrogen) atoms. The Morgan fingerprint density at radius 3 is 2.80 bits per heavy atom. The summed E-state index contributed by atoms with van der Waals surface area (Å²) in [7, 11) is 0. The van der Waals surface area contributed by atoms with Gasteiger partial charge in [-0.05, 0) is 30.3 Å². The minimum atomic E-state index is -0.353. The van der Waals surface area contributed by atoms with Crippen LogP contribution >= 0.6 is 15.9 Å². The molecular weight excluding hydrogens is 323 g/mol. The highest BCUT2D eigenvalue weighted by atomic mass is 79.9. The molecule has 0 unspecified atom stereocenters. The molecule has 0 aliphatic heterocycles. The molecule has 0 saturated heterocycles. The first-order valence-corrected chi connectivity index (χ1v) is 6.67. The van der Waals surface area contributed by atoms with Gasteiger partial charge in [0.1, 0.15) is 5.82 Å². The number of anilines is 1. The number of H-pyrrole nitrogens is 1. The first-order valence-electron chi connectivity index (χ1n) is 5.87. The van der Waals surface area contributed by atoms with E-state index in [0.717, 1.165) is 4.47 Å². The van der Waals surface area contributed by atoms with Crippen LogP contribution in [-0.2, 0) is 0 Å². The first-order chi connectivity index (χ1) is 9.66. The highest BCUT2D eigenvalue weighted by Crippen LogP contribution is 2.35. The van der Waals surface area contributed by atoms with E-state index in [-0.39, 0.29) is 11.6 Å². The van der Waals surface area contributed by atoms with Crippen LogP contribution in [0, 0.1) is 5.82 Å². The lowest BCUT2D eigenvalue weighted by Gasteiger charge is -2.05. The van der Waals surface area contributed by atoms with Gasteiger partial charge in [-0.1, -0.05) is 22.0 Å². The Hall–Kier alpha value is -2.21. The van der Waals surface area contributed by atoms with Crippen LogP contribution in [0.3, 0.4) is 0 Å². The van der Waals surface area contributed by atoms with Crippen molar-refractivity contribution in [2.75, 3.05) is 5.73 Å². The third-order valence-electron chi connectivity index (χ3n) is 2.91. The lowest BCUT2D eigenvalue weighted by molar-refractivity contribution is 0.630. The Morgan fingerprint density at radius 2 is 2.05 bits per heavy atom. The molecule has 2 aromatic heterocycles. The Morgan fingerprint density at radius 1 is 1.20 bits per heavy atom. The summed E-state index contributed by atoms with van der Waals surface area (Å²) in [6.07, 6.45) is 1.66. The summed E-state index contributed by atoms with van der Waals surface area (Å²) in [5, 5.41) is 6.75. The Labute approximate surface area is 123 Å². The van der Waals surface area contributed by atoms with Crippen LogP contribution < -0.4 is 5.73 Å². The highest BCUT2D eigenvalue weighted by molar-refractivity contribution is 9.10. The van der Waals surface area contributed by atoms with Crippen molar-refractivity contribution >= 4 is 21.7 Å². The second kappa shape index (κ2) is 5.05. The molecule has 1 aromatic carbocycles. The van der Waals surface area contributed by atoms with Gasteiger partial charge in [0, 0.05) is 16.2 Å². The summed E-state index contributed by atoms with van der Waals surface area (Å²) in [6.45, 7) is 0. The average molecular weight is 333 g/mol. The van der Waals surface area contributed by atoms with E-state index >= 15 is 0 Å². The molecule has 100 valence electrons. The number of nitrogen functional groups attached to an aromatic ring is 1. The lowest BCUT2D eigenvalue weighted by atomic mass is 10.0. The molecule has 3 aromatic rings. The Bertz CT molecular complexity index is 755. The molecule has 0 fully saturated rings. The number of nitrogens with one attached hydrogen (secondary N) is 1. The molecule has 2 heterocycles. The van der Waals surface area contributed by atoms with Gasteiger partial charge < -0.3 is 5.73 Å². The van der Waals surface area contributed by atoms with E-state index in [1.807, 2.05) is 6.07 Å². The van der Waals surface area contributed by atoms with Crippen molar-refractivity contribution < 1.29 is 4.39 Å². The van der Waals surface area contributed by atoms with Gasteiger partial charge in [-0.15, -0.1) is 0 Å². The third-order valence-corrected chi connectivity index (χ3v) is 3.41. The fourth-order valence-corrected chi connectivity index (χ4v) is 2.37. The van der Waals surface area contributed by atoms with Gasteiger partial charge in [-0.3, -0.25) is 10.1 Å². The van der Waals surface area contributed by atoms with E-state index in [1.165, 1.54) is 6.07 Å². The molecule has 0 aliphatic carbocycles. The maximum Gasteiger partial charge on any atom is 0.155 e. The fourth-order valence-electron chi connectivity index (χ4n) is 2.01. The van der Waals surface area contributed by atoms with E-state index in [2.05, 4.69) is 31.1 Å². The van der Waals surface area contributed by atoms with Gasteiger partial charge in [0.05, 0.1) is 17.0 Å². The van der Waals surface area contributed by atoms with Crippen LogP contribution in [0.4, 0.5) is 10.2 Å². The van der Waals surface area contributed by atoms with Crippen molar-refractivity contribution in [2.24, 2.45) is 0 Å². The monoisotopic (exact) mass is 332 g/mol. The van der Waals surface area contributed by atoms with Gasteiger partial charge in [0.25, 0.3) is 0 Å². The predicted molar refractivity (Wildman–Crippen MR) is 79.3 cm³/mol. The smallest absolute Gasteiger partial charge is 0.155 e. The zero-order chi connectivity index (χ0) is 14.1. The minimum absolute atomic E-state index is 0.290. The van der Waals surface area contributed by atoms with E-state index in [4.69, 9.17) is 5.73 Å². The quantitative estimate of drug-likeness (QED) is 0.753. The molecule has 6 heteroatoms. The van der Waals surface area contributed by atoms with Crippen molar-refractivity contribution in [1.82, 2.24) is 15.2 Å². The molecule has 4 nitrogen and oxygen atoms in total. The van der Waals surface area contributed by atoms with Crippen LogP contribution in [0.2, 0.25) is 0 Å². The molecule has 0 aliphatic rings. The van der Waals surface area contributed by atoms with E-state index in [0.29, 0.717) is 22.5 Å². The summed E-state index contributed by atoms with van der Waals surface area (Å²) in [6, 6.07) is 10.2. The molecule has 3 rings (SSSR count). The normalized spacial score (nSPS) is 10.7. The number of benzene rings is 1. The van der Waals surface area contributed by atoms with Gasteiger partial charge >= 0.3 is 0 Å². The van der Waals surface area contributed by atoms with Gasteiger partial charge in [-0.25, -0.2) is 4.39 Å². The summed E-state index contributed by atoms with van der Waals surface area (Å²) in [4.78, 5) is 4.25. The fraction of sp³-hybridized carbons (Fsp3) is 0. The molecule has 0 radical (unpaired) electrons. The number of nitrogens with zero attached hydrogens (tertiary/aromatic N) is 2. The molecule has 3 N–H and O–H groups in total. The average Bonchev–Trinajstić information content (AvgIpc) is 2.84. The van der Waals surface area contributed by atoms with Crippen LogP contribution in [0.5, 0.6) is 0 Å². The SMILES string of the molecule is Nc1n[nH]c(-c2cc(Br)ccc2F)c1-c1ccccn1. The zero-order valence-electron chi connectivity index (χ0n) is 10.3. The van der Waals surface area contributed by atoms with Crippen molar-refractivity contribution in [3.63, 3.8) is 0 Å². The first kappa shape index (κ1) is 12.8. The second-order valence-electron chi connectivity index (χ2n) is 4.20. The maximum atomic E-state index is 14.0. The van der Waals surface area contributed by atoms with Crippen LogP contribution in [0.1, 0.15) is 0 Å². The van der Waals surface area contributed by atoms with Crippen molar-refractivity contribution in [2.45, 2.75) is 0 Å². The summed E-state index contributed by atoms with van der Waals surface area (Å²) >= 11 is 3.33. The minimum Gasteiger partial charge on any atom is -0.382 e.